The highest BCUT2D eigenvalue weighted by atomic mass is 35.5. The van der Waals surface area contributed by atoms with Crippen molar-refractivity contribution in [3.63, 3.8) is 0 Å². The molecule has 0 aromatic heterocycles. The molecule has 8 heteroatoms. The molecule has 2 nitrogen and oxygen atoms in total. The minimum absolute atomic E-state index is 0.240. The standard InChI is InChI=1S/C8H2Cl3F3O2/c9-4-1-3(7(11)15)2-5(6(4)10)16-8(12,13)14/h1-2H. The average molecular weight is 293 g/mol. The topological polar surface area (TPSA) is 26.3 Å². The first-order valence-electron chi connectivity index (χ1n) is 3.65. The fourth-order valence-corrected chi connectivity index (χ4v) is 1.34. The number of hydrogen-bond donors (Lipinski definition) is 0. The first-order chi connectivity index (χ1) is 7.20. The van der Waals surface area contributed by atoms with E-state index in [1.807, 2.05) is 0 Å². The molecule has 0 N–H and O–H groups in total. The number of rotatable bonds is 2. The van der Waals surface area contributed by atoms with Crippen LogP contribution in [-0.2, 0) is 0 Å². The van der Waals surface area contributed by atoms with Gasteiger partial charge in [-0.15, -0.1) is 13.2 Å². The van der Waals surface area contributed by atoms with Crippen LogP contribution in [0.25, 0.3) is 0 Å². The average Bonchev–Trinajstić information content (AvgIpc) is 2.10. The van der Waals surface area contributed by atoms with Gasteiger partial charge in [-0.1, -0.05) is 23.2 Å². The molecule has 1 aromatic rings. The van der Waals surface area contributed by atoms with E-state index in [1.54, 1.807) is 0 Å². The molecule has 0 heterocycles. The summed E-state index contributed by atoms with van der Waals surface area (Å²) in [4.78, 5) is 10.8. The van der Waals surface area contributed by atoms with E-state index in [2.05, 4.69) is 4.74 Å². The third kappa shape index (κ3) is 3.43. The first kappa shape index (κ1) is 13.4. The molecule has 0 aliphatic heterocycles. The Kier molecular flexibility index (Phi) is 3.93. The van der Waals surface area contributed by atoms with Gasteiger partial charge in [-0.25, -0.2) is 0 Å². The Morgan fingerprint density at radius 1 is 1.25 bits per heavy atom. The fourth-order valence-electron chi connectivity index (χ4n) is 0.876. The maximum absolute atomic E-state index is 11.9. The van der Waals surface area contributed by atoms with Gasteiger partial charge in [0.2, 0.25) is 0 Å². The van der Waals surface area contributed by atoms with Gasteiger partial charge in [0.05, 0.1) is 5.02 Å². The van der Waals surface area contributed by atoms with Gasteiger partial charge in [-0.05, 0) is 23.7 Å². The Morgan fingerprint density at radius 3 is 2.25 bits per heavy atom. The van der Waals surface area contributed by atoms with Gasteiger partial charge in [0.15, 0.2) is 0 Å². The van der Waals surface area contributed by atoms with E-state index < -0.39 is 22.4 Å². The number of ether oxygens (including phenoxy) is 1. The number of carbonyl (C=O) groups is 1. The van der Waals surface area contributed by atoms with Crippen LogP contribution in [0.4, 0.5) is 13.2 Å². The van der Waals surface area contributed by atoms with E-state index in [9.17, 15) is 18.0 Å². The van der Waals surface area contributed by atoms with Gasteiger partial charge in [0.25, 0.3) is 5.24 Å². The molecule has 0 saturated carbocycles. The number of carbonyl (C=O) groups excluding carboxylic acids is 1. The molecule has 0 aliphatic rings. The molecule has 0 radical (unpaired) electrons. The van der Waals surface area contributed by atoms with Crippen LogP contribution in [0.3, 0.4) is 0 Å². The first-order valence-corrected chi connectivity index (χ1v) is 4.78. The van der Waals surface area contributed by atoms with Crippen LogP contribution in [0.2, 0.25) is 10.0 Å². The second-order valence-corrected chi connectivity index (χ2v) is 3.72. The van der Waals surface area contributed by atoms with Crippen LogP contribution >= 0.6 is 34.8 Å². The van der Waals surface area contributed by atoms with Crippen LogP contribution < -0.4 is 4.74 Å². The molecule has 0 amide bonds. The zero-order valence-corrected chi connectivity index (χ0v) is 9.51. The Balaban J connectivity index is 3.22. The van der Waals surface area contributed by atoms with Gasteiger partial charge in [0, 0.05) is 5.56 Å². The van der Waals surface area contributed by atoms with E-state index in [4.69, 9.17) is 34.8 Å². The molecule has 0 aliphatic carbocycles. The minimum Gasteiger partial charge on any atom is -0.404 e. The molecular formula is C8H2Cl3F3O2. The number of alkyl halides is 3. The van der Waals surface area contributed by atoms with Crippen molar-refractivity contribution in [1.82, 2.24) is 0 Å². The van der Waals surface area contributed by atoms with Crippen molar-refractivity contribution < 1.29 is 22.7 Å². The van der Waals surface area contributed by atoms with Crippen LogP contribution in [0.5, 0.6) is 5.75 Å². The SMILES string of the molecule is O=C(Cl)c1cc(Cl)c(Cl)c(OC(F)(F)F)c1. The lowest BCUT2D eigenvalue weighted by atomic mass is 10.2. The van der Waals surface area contributed by atoms with Crippen molar-refractivity contribution in [2.24, 2.45) is 0 Å². The second kappa shape index (κ2) is 4.69. The minimum atomic E-state index is -4.93. The molecule has 0 atom stereocenters. The van der Waals surface area contributed by atoms with Gasteiger partial charge in [-0.2, -0.15) is 0 Å². The summed E-state index contributed by atoms with van der Waals surface area (Å²) in [6.45, 7) is 0. The Morgan fingerprint density at radius 2 is 1.81 bits per heavy atom. The predicted octanol–water partition coefficient (Wildman–Crippen LogP) is 4.27. The lowest BCUT2D eigenvalue weighted by molar-refractivity contribution is -0.274. The second-order valence-electron chi connectivity index (χ2n) is 2.59. The smallest absolute Gasteiger partial charge is 0.404 e. The number of hydrogen-bond acceptors (Lipinski definition) is 2. The maximum Gasteiger partial charge on any atom is 0.573 e. The highest BCUT2D eigenvalue weighted by Crippen LogP contribution is 2.36. The van der Waals surface area contributed by atoms with Gasteiger partial charge < -0.3 is 4.74 Å². The van der Waals surface area contributed by atoms with Crippen molar-refractivity contribution in [3.05, 3.63) is 27.7 Å². The summed E-state index contributed by atoms with van der Waals surface area (Å²) in [5, 5.41) is -1.67. The summed E-state index contributed by atoms with van der Waals surface area (Å²) >= 11 is 16.1. The van der Waals surface area contributed by atoms with Crippen molar-refractivity contribution >= 4 is 40.0 Å². The number of benzene rings is 1. The van der Waals surface area contributed by atoms with E-state index in [-0.39, 0.29) is 10.6 Å². The lowest BCUT2D eigenvalue weighted by Gasteiger charge is -2.11. The molecule has 0 unspecified atom stereocenters. The quantitative estimate of drug-likeness (QED) is 0.761. The van der Waals surface area contributed by atoms with Crippen LogP contribution in [0.1, 0.15) is 10.4 Å². The highest BCUT2D eigenvalue weighted by Gasteiger charge is 2.32. The molecule has 0 fully saturated rings. The zero-order valence-electron chi connectivity index (χ0n) is 7.24. The maximum atomic E-state index is 11.9. The summed E-state index contributed by atoms with van der Waals surface area (Å²) in [6.07, 6.45) is -4.93. The monoisotopic (exact) mass is 292 g/mol. The largest absolute Gasteiger partial charge is 0.573 e. The lowest BCUT2D eigenvalue weighted by Crippen LogP contribution is -2.17. The van der Waals surface area contributed by atoms with Gasteiger partial charge in [0.1, 0.15) is 10.8 Å². The molecule has 16 heavy (non-hydrogen) atoms. The molecule has 1 rings (SSSR count). The van der Waals surface area contributed by atoms with E-state index in [0.29, 0.717) is 0 Å². The summed E-state index contributed by atoms with van der Waals surface area (Å²) in [6, 6.07) is 1.81. The molecule has 0 spiro atoms. The van der Waals surface area contributed by atoms with Gasteiger partial charge in [-0.3, -0.25) is 4.79 Å². The zero-order chi connectivity index (χ0) is 12.5. The number of halogens is 6. The van der Waals surface area contributed by atoms with Crippen molar-refractivity contribution in [2.45, 2.75) is 6.36 Å². The Bertz CT molecular complexity index is 431. The van der Waals surface area contributed by atoms with E-state index in [0.717, 1.165) is 12.1 Å². The molecular weight excluding hydrogens is 291 g/mol. The predicted molar refractivity (Wildman–Crippen MR) is 53.3 cm³/mol. The fraction of sp³-hybridized carbons (Fsp3) is 0.125. The van der Waals surface area contributed by atoms with Crippen LogP contribution in [0.15, 0.2) is 12.1 Å². The van der Waals surface area contributed by atoms with Gasteiger partial charge >= 0.3 is 6.36 Å². The molecule has 0 bridgehead atoms. The van der Waals surface area contributed by atoms with Crippen molar-refractivity contribution in [2.75, 3.05) is 0 Å². The third-order valence-electron chi connectivity index (χ3n) is 1.45. The third-order valence-corrected chi connectivity index (χ3v) is 2.45. The summed E-state index contributed by atoms with van der Waals surface area (Å²) in [7, 11) is 0. The molecule has 1 aromatic carbocycles. The Hall–Kier alpha value is -0.650. The highest BCUT2D eigenvalue weighted by molar-refractivity contribution is 6.68. The molecule has 88 valence electrons. The van der Waals surface area contributed by atoms with Crippen molar-refractivity contribution in [3.8, 4) is 5.75 Å². The summed E-state index contributed by atoms with van der Waals surface area (Å²) in [5.41, 5.74) is -0.240. The van der Waals surface area contributed by atoms with Crippen LogP contribution in [-0.4, -0.2) is 11.6 Å². The van der Waals surface area contributed by atoms with E-state index in [1.165, 1.54) is 0 Å². The van der Waals surface area contributed by atoms with Crippen molar-refractivity contribution in [1.29, 1.82) is 0 Å². The normalized spacial score (nSPS) is 11.4. The molecule has 0 saturated heterocycles. The summed E-state index contributed by atoms with van der Waals surface area (Å²) in [5.74, 6) is -0.773. The van der Waals surface area contributed by atoms with Crippen LogP contribution in [0, 0.1) is 0 Å². The Labute approximate surface area is 103 Å². The van der Waals surface area contributed by atoms with E-state index >= 15 is 0 Å². The summed E-state index contributed by atoms with van der Waals surface area (Å²) < 4.78 is 39.4.